The average Bonchev–Trinajstić information content (AvgIpc) is 3.27. The standard InChI is InChI=1S/C26H26ClN5O4/c27-18-11-30-20-1-2-23(34)32-13-17(24(18)25(20)32)12-31-4-3-19(21(33)14-31)29-10-15-7-16(9-28)26-22(8-15)35-5-6-36-26/h1-2,7-8,11,17,19,21,29,33H,3-6,10,12-14H2/t17?,19-,21+/m0/s1. The number of aliphatic hydroxyl groups is 1. The zero-order valence-electron chi connectivity index (χ0n) is 19.6. The first kappa shape index (κ1) is 23.3. The molecule has 10 heteroatoms. The Bertz CT molecular complexity index is 1430. The second-order valence-corrected chi connectivity index (χ2v) is 10.0. The minimum atomic E-state index is -0.550. The summed E-state index contributed by atoms with van der Waals surface area (Å²) in [5, 5.41) is 24.4. The fourth-order valence-electron chi connectivity index (χ4n) is 5.65. The molecule has 2 N–H and O–H groups in total. The van der Waals surface area contributed by atoms with Gasteiger partial charge in [0.15, 0.2) is 11.5 Å². The number of aromatic nitrogens is 2. The molecule has 0 amide bonds. The predicted molar refractivity (Wildman–Crippen MR) is 134 cm³/mol. The fourth-order valence-corrected chi connectivity index (χ4v) is 5.94. The molecule has 3 atom stereocenters. The molecule has 1 aromatic carbocycles. The lowest BCUT2D eigenvalue weighted by molar-refractivity contribution is 0.0369. The number of piperidine rings is 1. The van der Waals surface area contributed by atoms with Gasteiger partial charge in [-0.2, -0.15) is 5.26 Å². The van der Waals surface area contributed by atoms with Crippen molar-refractivity contribution in [3.8, 4) is 17.6 Å². The number of pyridine rings is 2. The first-order valence-electron chi connectivity index (χ1n) is 12.2. The summed E-state index contributed by atoms with van der Waals surface area (Å²) in [6, 6.07) is 9.11. The average molecular weight is 508 g/mol. The van der Waals surface area contributed by atoms with Gasteiger partial charge in [0.1, 0.15) is 19.3 Å². The van der Waals surface area contributed by atoms with E-state index in [1.54, 1.807) is 29.0 Å². The van der Waals surface area contributed by atoms with Crippen LogP contribution in [0.4, 0.5) is 0 Å². The first-order chi connectivity index (χ1) is 17.5. The molecule has 1 fully saturated rings. The summed E-state index contributed by atoms with van der Waals surface area (Å²) >= 11 is 6.53. The molecule has 36 heavy (non-hydrogen) atoms. The number of rotatable bonds is 5. The number of nitrogens with one attached hydrogen (secondary N) is 1. The number of likely N-dealkylation sites (tertiary alicyclic amines) is 1. The van der Waals surface area contributed by atoms with Crippen LogP contribution < -0.4 is 20.3 Å². The van der Waals surface area contributed by atoms with Crippen LogP contribution in [-0.2, 0) is 13.1 Å². The Labute approximate surface area is 212 Å². The van der Waals surface area contributed by atoms with Crippen LogP contribution in [0.2, 0.25) is 5.02 Å². The van der Waals surface area contributed by atoms with Crippen LogP contribution in [0.3, 0.4) is 0 Å². The van der Waals surface area contributed by atoms with Crippen LogP contribution in [0.1, 0.15) is 29.0 Å². The van der Waals surface area contributed by atoms with Crippen LogP contribution in [0.15, 0.2) is 35.3 Å². The van der Waals surface area contributed by atoms with E-state index in [0.29, 0.717) is 61.5 Å². The van der Waals surface area contributed by atoms with Crippen LogP contribution in [-0.4, -0.2) is 64.6 Å². The summed E-state index contributed by atoms with van der Waals surface area (Å²) in [6.07, 6.45) is 1.88. The van der Waals surface area contributed by atoms with Crippen LogP contribution in [0.5, 0.6) is 11.5 Å². The number of nitriles is 1. The molecule has 0 bridgehead atoms. The largest absolute Gasteiger partial charge is 0.486 e. The van der Waals surface area contributed by atoms with Gasteiger partial charge in [-0.15, -0.1) is 0 Å². The maximum Gasteiger partial charge on any atom is 0.251 e. The molecule has 3 aliphatic heterocycles. The number of aliphatic hydroxyl groups excluding tert-OH is 1. The van der Waals surface area contributed by atoms with Gasteiger partial charge < -0.3 is 24.5 Å². The predicted octanol–water partition coefficient (Wildman–Crippen LogP) is 2.01. The van der Waals surface area contributed by atoms with Crippen molar-refractivity contribution in [3.63, 3.8) is 0 Å². The highest BCUT2D eigenvalue weighted by Crippen LogP contribution is 2.38. The molecule has 0 aliphatic carbocycles. The summed E-state index contributed by atoms with van der Waals surface area (Å²) < 4.78 is 13.0. The van der Waals surface area contributed by atoms with Crippen molar-refractivity contribution in [1.29, 1.82) is 5.26 Å². The Balaban J connectivity index is 1.10. The minimum Gasteiger partial charge on any atom is -0.486 e. The molecule has 1 saturated heterocycles. The fraction of sp³-hybridized carbons (Fsp3) is 0.423. The lowest BCUT2D eigenvalue weighted by Gasteiger charge is -2.37. The maximum atomic E-state index is 12.4. The summed E-state index contributed by atoms with van der Waals surface area (Å²) in [5.41, 5.74) is 3.90. The molecule has 6 rings (SSSR count). The van der Waals surface area contributed by atoms with Crippen molar-refractivity contribution in [2.45, 2.75) is 37.6 Å². The zero-order chi connectivity index (χ0) is 24.8. The van der Waals surface area contributed by atoms with Gasteiger partial charge >= 0.3 is 0 Å². The Hall–Kier alpha value is -3.16. The van der Waals surface area contributed by atoms with Crippen molar-refractivity contribution in [1.82, 2.24) is 19.8 Å². The lowest BCUT2D eigenvalue weighted by atomic mass is 9.97. The number of benzene rings is 1. The van der Waals surface area contributed by atoms with Gasteiger partial charge in [0.2, 0.25) is 0 Å². The highest BCUT2D eigenvalue weighted by atomic mass is 35.5. The van der Waals surface area contributed by atoms with E-state index >= 15 is 0 Å². The molecular formula is C26H26ClN5O4. The third kappa shape index (κ3) is 4.10. The molecule has 2 aromatic heterocycles. The van der Waals surface area contributed by atoms with Gasteiger partial charge in [-0.1, -0.05) is 11.6 Å². The Morgan fingerprint density at radius 1 is 1.25 bits per heavy atom. The number of nitrogens with zero attached hydrogens (tertiary/aromatic N) is 4. The Kier molecular flexibility index (Phi) is 6.05. The number of hydrogen-bond acceptors (Lipinski definition) is 8. The van der Waals surface area contributed by atoms with Gasteiger partial charge in [-0.25, -0.2) is 0 Å². The minimum absolute atomic E-state index is 0.0445. The number of hydrogen-bond donors (Lipinski definition) is 2. The van der Waals surface area contributed by atoms with Crippen molar-refractivity contribution >= 4 is 22.6 Å². The van der Waals surface area contributed by atoms with E-state index in [4.69, 9.17) is 21.1 Å². The second kappa shape index (κ2) is 9.37. The SMILES string of the molecule is N#Cc1cc(CN[C@H]2CCN(CC3Cn4c(=O)ccc5ncc(Cl)c3c54)C[C@H]2O)cc2c1OCCO2. The van der Waals surface area contributed by atoms with E-state index in [9.17, 15) is 15.2 Å². The van der Waals surface area contributed by atoms with Crippen LogP contribution >= 0.6 is 11.6 Å². The molecule has 3 aliphatic rings. The summed E-state index contributed by atoms with van der Waals surface area (Å²) in [6.45, 7) is 4.02. The number of halogens is 1. The van der Waals surface area contributed by atoms with E-state index in [0.717, 1.165) is 35.1 Å². The number of β-amino-alcohol motifs (C(OH)–C–C–N with tert-alkyl or cyclic N) is 1. The first-order valence-corrected chi connectivity index (χ1v) is 12.5. The highest BCUT2D eigenvalue weighted by molar-refractivity contribution is 6.32. The van der Waals surface area contributed by atoms with Gasteiger partial charge in [-0.05, 0) is 36.7 Å². The molecule has 3 aromatic rings. The highest BCUT2D eigenvalue weighted by Gasteiger charge is 2.33. The monoisotopic (exact) mass is 507 g/mol. The smallest absolute Gasteiger partial charge is 0.251 e. The van der Waals surface area contributed by atoms with Gasteiger partial charge in [0.25, 0.3) is 5.56 Å². The molecule has 0 radical (unpaired) electrons. The third-order valence-corrected chi connectivity index (χ3v) is 7.64. The van der Waals surface area contributed by atoms with Crippen LogP contribution in [0.25, 0.3) is 11.0 Å². The van der Waals surface area contributed by atoms with E-state index in [-0.39, 0.29) is 17.5 Å². The van der Waals surface area contributed by atoms with Crippen molar-refractivity contribution in [2.75, 3.05) is 32.8 Å². The molecule has 186 valence electrons. The molecule has 0 saturated carbocycles. The summed E-state index contributed by atoms with van der Waals surface area (Å²) in [7, 11) is 0. The van der Waals surface area contributed by atoms with E-state index < -0.39 is 6.10 Å². The van der Waals surface area contributed by atoms with E-state index in [2.05, 4.69) is 21.3 Å². The van der Waals surface area contributed by atoms with Crippen molar-refractivity contribution in [2.24, 2.45) is 0 Å². The van der Waals surface area contributed by atoms with Gasteiger partial charge in [0.05, 0.1) is 27.7 Å². The Morgan fingerprint density at radius 2 is 2.11 bits per heavy atom. The van der Waals surface area contributed by atoms with Gasteiger partial charge in [-0.3, -0.25) is 14.7 Å². The molecule has 0 spiro atoms. The topological polar surface area (TPSA) is 113 Å². The lowest BCUT2D eigenvalue weighted by Crippen LogP contribution is -2.53. The number of ether oxygens (including phenoxy) is 2. The zero-order valence-corrected chi connectivity index (χ0v) is 20.4. The molecule has 1 unspecified atom stereocenters. The summed E-state index contributed by atoms with van der Waals surface area (Å²) in [5.74, 6) is 1.16. The maximum absolute atomic E-state index is 12.4. The second-order valence-electron chi connectivity index (χ2n) is 9.62. The van der Waals surface area contributed by atoms with Crippen molar-refractivity contribution in [3.05, 3.63) is 62.5 Å². The van der Waals surface area contributed by atoms with E-state index in [1.165, 1.54) is 0 Å². The third-order valence-electron chi connectivity index (χ3n) is 7.34. The van der Waals surface area contributed by atoms with Gasteiger partial charge in [0, 0.05) is 56.0 Å². The number of fused-ring (bicyclic) bond motifs is 1. The van der Waals surface area contributed by atoms with Crippen molar-refractivity contribution < 1.29 is 14.6 Å². The quantitative estimate of drug-likeness (QED) is 0.539. The van der Waals surface area contributed by atoms with E-state index in [1.807, 2.05) is 6.07 Å². The van der Waals surface area contributed by atoms with Crippen LogP contribution in [0, 0.1) is 11.3 Å². The molecular weight excluding hydrogens is 482 g/mol. The summed E-state index contributed by atoms with van der Waals surface area (Å²) in [4.78, 5) is 19.1. The Morgan fingerprint density at radius 3 is 2.94 bits per heavy atom. The normalized spacial score (nSPS) is 23.1. The molecule has 5 heterocycles. The molecule has 9 nitrogen and oxygen atoms in total.